The summed E-state index contributed by atoms with van der Waals surface area (Å²) in [5.74, 6) is -0.0348. The van der Waals surface area contributed by atoms with E-state index in [9.17, 15) is 4.79 Å². The molecule has 4 rings (SSSR count). The Kier molecular flexibility index (Phi) is 6.42. The maximum absolute atomic E-state index is 13.5. The van der Waals surface area contributed by atoms with Gasteiger partial charge in [0.15, 0.2) is 0 Å². The van der Waals surface area contributed by atoms with Crippen molar-refractivity contribution in [3.8, 4) is 0 Å². The zero-order chi connectivity index (χ0) is 21.0. The Labute approximate surface area is 186 Å². The molecule has 1 saturated heterocycles. The molecular weight excluding hydrogens is 421 g/mol. The van der Waals surface area contributed by atoms with Gasteiger partial charge in [-0.3, -0.25) is 4.79 Å². The standard InChI is InChI=1S/C23H23Cl2N3O2/c24-19-5-6-20(21(25)13-19)23(7-11-30-12-8-23)22(29)27-14-17-3-1-2-4-18(17)15-28-10-9-26-16-28/h1-6,9-10,13,16H,7-8,11-12,14-15H2,(H,27,29). The number of carbonyl (C=O) groups excluding carboxylic acids is 1. The molecule has 1 amide bonds. The normalized spacial score (nSPS) is 15.7. The number of nitrogens with zero attached hydrogens (tertiary/aromatic N) is 2. The Morgan fingerprint density at radius 1 is 1.13 bits per heavy atom. The quantitative estimate of drug-likeness (QED) is 0.605. The first kappa shape index (κ1) is 20.9. The molecule has 5 nitrogen and oxygen atoms in total. The zero-order valence-electron chi connectivity index (χ0n) is 16.5. The minimum Gasteiger partial charge on any atom is -0.381 e. The highest BCUT2D eigenvalue weighted by atomic mass is 35.5. The fourth-order valence-electron chi connectivity index (χ4n) is 4.02. The third kappa shape index (κ3) is 4.38. The van der Waals surface area contributed by atoms with Crippen LogP contribution in [0, 0.1) is 0 Å². The van der Waals surface area contributed by atoms with Crippen molar-refractivity contribution in [2.45, 2.75) is 31.3 Å². The number of carbonyl (C=O) groups is 1. The van der Waals surface area contributed by atoms with E-state index in [4.69, 9.17) is 27.9 Å². The Morgan fingerprint density at radius 2 is 1.90 bits per heavy atom. The number of imidazole rings is 1. The third-order valence-corrected chi connectivity index (χ3v) is 6.25. The Bertz CT molecular complexity index is 1020. The first-order chi connectivity index (χ1) is 14.6. The number of hydrogen-bond acceptors (Lipinski definition) is 3. The maximum Gasteiger partial charge on any atom is 0.231 e. The lowest BCUT2D eigenvalue weighted by atomic mass is 9.73. The van der Waals surface area contributed by atoms with Gasteiger partial charge in [-0.25, -0.2) is 4.98 Å². The molecule has 2 heterocycles. The molecule has 1 aromatic heterocycles. The third-order valence-electron chi connectivity index (χ3n) is 5.70. The molecule has 0 bridgehead atoms. The van der Waals surface area contributed by atoms with Crippen LogP contribution < -0.4 is 5.32 Å². The molecule has 0 spiro atoms. The summed E-state index contributed by atoms with van der Waals surface area (Å²) in [4.78, 5) is 17.6. The van der Waals surface area contributed by atoms with Gasteiger partial charge >= 0.3 is 0 Å². The topological polar surface area (TPSA) is 56.2 Å². The molecule has 0 saturated carbocycles. The Morgan fingerprint density at radius 3 is 2.60 bits per heavy atom. The molecule has 0 atom stereocenters. The fraction of sp³-hybridized carbons (Fsp3) is 0.304. The number of hydrogen-bond donors (Lipinski definition) is 1. The van der Waals surface area contributed by atoms with E-state index in [-0.39, 0.29) is 5.91 Å². The van der Waals surface area contributed by atoms with Gasteiger partial charge in [0.25, 0.3) is 0 Å². The molecular formula is C23H23Cl2N3O2. The number of ether oxygens (including phenoxy) is 1. The predicted octanol–water partition coefficient (Wildman–Crippen LogP) is 4.60. The van der Waals surface area contributed by atoms with Crippen LogP contribution in [-0.2, 0) is 28.0 Å². The first-order valence-corrected chi connectivity index (χ1v) is 10.7. The number of rotatable bonds is 6. The molecule has 0 aliphatic carbocycles. The van der Waals surface area contributed by atoms with Gasteiger partial charge in [-0.1, -0.05) is 53.5 Å². The van der Waals surface area contributed by atoms with Crippen LogP contribution in [0.3, 0.4) is 0 Å². The second kappa shape index (κ2) is 9.21. The first-order valence-electron chi connectivity index (χ1n) is 9.92. The van der Waals surface area contributed by atoms with Crippen molar-refractivity contribution in [2.75, 3.05) is 13.2 Å². The molecule has 0 radical (unpaired) electrons. The van der Waals surface area contributed by atoms with Crippen molar-refractivity contribution in [3.63, 3.8) is 0 Å². The Hall–Kier alpha value is -2.34. The highest BCUT2D eigenvalue weighted by Gasteiger charge is 2.43. The Balaban J connectivity index is 1.56. The number of nitrogens with one attached hydrogen (secondary N) is 1. The van der Waals surface area contributed by atoms with Gasteiger partial charge in [0.05, 0.1) is 11.7 Å². The van der Waals surface area contributed by atoms with Crippen LogP contribution in [0.15, 0.2) is 61.2 Å². The summed E-state index contributed by atoms with van der Waals surface area (Å²) >= 11 is 12.6. The van der Waals surface area contributed by atoms with E-state index in [0.717, 1.165) is 16.7 Å². The summed E-state index contributed by atoms with van der Waals surface area (Å²) < 4.78 is 7.55. The van der Waals surface area contributed by atoms with Gasteiger partial charge in [0.1, 0.15) is 0 Å². The van der Waals surface area contributed by atoms with E-state index in [0.29, 0.717) is 49.2 Å². The average Bonchev–Trinajstić information content (AvgIpc) is 3.26. The summed E-state index contributed by atoms with van der Waals surface area (Å²) in [5, 5.41) is 4.23. The molecule has 1 aliphatic heterocycles. The summed E-state index contributed by atoms with van der Waals surface area (Å²) in [6, 6.07) is 13.4. The van der Waals surface area contributed by atoms with E-state index in [2.05, 4.69) is 16.4 Å². The van der Waals surface area contributed by atoms with Gasteiger partial charge in [-0.2, -0.15) is 0 Å². The van der Waals surface area contributed by atoms with E-state index < -0.39 is 5.41 Å². The molecule has 0 unspecified atom stereocenters. The minimum absolute atomic E-state index is 0.0348. The molecule has 1 N–H and O–H groups in total. The van der Waals surface area contributed by atoms with Gasteiger partial charge in [0.2, 0.25) is 5.91 Å². The lowest BCUT2D eigenvalue weighted by Gasteiger charge is -2.37. The van der Waals surface area contributed by atoms with E-state index in [1.54, 1.807) is 24.7 Å². The highest BCUT2D eigenvalue weighted by Crippen LogP contribution is 2.40. The van der Waals surface area contributed by atoms with Crippen molar-refractivity contribution in [3.05, 3.63) is 87.9 Å². The van der Waals surface area contributed by atoms with Crippen molar-refractivity contribution < 1.29 is 9.53 Å². The van der Waals surface area contributed by atoms with E-state index in [1.807, 2.05) is 35.0 Å². The summed E-state index contributed by atoms with van der Waals surface area (Å²) in [6.07, 6.45) is 6.63. The van der Waals surface area contributed by atoms with Crippen LogP contribution in [0.4, 0.5) is 0 Å². The van der Waals surface area contributed by atoms with Crippen molar-refractivity contribution in [2.24, 2.45) is 0 Å². The van der Waals surface area contributed by atoms with Crippen molar-refractivity contribution >= 4 is 29.1 Å². The molecule has 7 heteroatoms. The van der Waals surface area contributed by atoms with Crippen LogP contribution in [-0.4, -0.2) is 28.7 Å². The van der Waals surface area contributed by atoms with Gasteiger partial charge in [-0.15, -0.1) is 0 Å². The summed E-state index contributed by atoms with van der Waals surface area (Å²) in [7, 11) is 0. The van der Waals surface area contributed by atoms with Gasteiger partial charge < -0.3 is 14.6 Å². The number of aromatic nitrogens is 2. The fourth-order valence-corrected chi connectivity index (χ4v) is 4.61. The molecule has 3 aromatic rings. The van der Waals surface area contributed by atoms with Crippen LogP contribution in [0.25, 0.3) is 0 Å². The number of benzene rings is 2. The summed E-state index contributed by atoms with van der Waals surface area (Å²) in [6.45, 7) is 2.18. The van der Waals surface area contributed by atoms with Gasteiger partial charge in [-0.05, 0) is 41.7 Å². The minimum atomic E-state index is -0.723. The molecule has 30 heavy (non-hydrogen) atoms. The molecule has 156 valence electrons. The highest BCUT2D eigenvalue weighted by molar-refractivity contribution is 6.35. The van der Waals surface area contributed by atoms with E-state index >= 15 is 0 Å². The lowest BCUT2D eigenvalue weighted by Crippen LogP contribution is -2.48. The van der Waals surface area contributed by atoms with Gasteiger partial charge in [0, 0.05) is 48.7 Å². The van der Waals surface area contributed by atoms with Crippen LogP contribution in [0.5, 0.6) is 0 Å². The SMILES string of the molecule is O=C(NCc1ccccc1Cn1ccnc1)C1(c2ccc(Cl)cc2Cl)CCOCC1. The zero-order valence-corrected chi connectivity index (χ0v) is 18.0. The smallest absolute Gasteiger partial charge is 0.231 e. The summed E-state index contributed by atoms with van der Waals surface area (Å²) in [5.41, 5.74) is 2.30. The second-order valence-electron chi connectivity index (χ2n) is 7.51. The average molecular weight is 444 g/mol. The largest absolute Gasteiger partial charge is 0.381 e. The lowest BCUT2D eigenvalue weighted by molar-refractivity contribution is -0.130. The van der Waals surface area contributed by atoms with Crippen molar-refractivity contribution in [1.82, 2.24) is 14.9 Å². The predicted molar refractivity (Wildman–Crippen MR) is 118 cm³/mol. The molecule has 1 fully saturated rings. The van der Waals surface area contributed by atoms with Crippen LogP contribution >= 0.6 is 23.2 Å². The number of halogens is 2. The number of amides is 1. The monoisotopic (exact) mass is 443 g/mol. The molecule has 2 aromatic carbocycles. The molecule has 1 aliphatic rings. The van der Waals surface area contributed by atoms with Crippen LogP contribution in [0.2, 0.25) is 10.0 Å². The van der Waals surface area contributed by atoms with Crippen molar-refractivity contribution in [1.29, 1.82) is 0 Å². The van der Waals surface area contributed by atoms with E-state index in [1.165, 1.54) is 0 Å². The van der Waals surface area contributed by atoms with Crippen LogP contribution in [0.1, 0.15) is 29.5 Å². The maximum atomic E-state index is 13.5. The second-order valence-corrected chi connectivity index (χ2v) is 8.35.